The van der Waals surface area contributed by atoms with Crippen LogP contribution in [0.3, 0.4) is 0 Å². The lowest BCUT2D eigenvalue weighted by Crippen LogP contribution is -2.36. The van der Waals surface area contributed by atoms with Crippen molar-refractivity contribution in [1.29, 1.82) is 5.26 Å². The van der Waals surface area contributed by atoms with E-state index in [-0.39, 0.29) is 12.0 Å². The first-order valence-corrected chi connectivity index (χ1v) is 6.00. The van der Waals surface area contributed by atoms with Crippen molar-refractivity contribution in [2.24, 2.45) is 17.3 Å². The number of hydrogen-bond donors (Lipinski definition) is 0. The molecule has 15 heavy (non-hydrogen) atoms. The van der Waals surface area contributed by atoms with Gasteiger partial charge in [-0.05, 0) is 37.5 Å². The van der Waals surface area contributed by atoms with Crippen LogP contribution in [0.4, 0.5) is 0 Å². The Morgan fingerprint density at radius 1 is 1.33 bits per heavy atom. The number of nitriles is 1. The van der Waals surface area contributed by atoms with Crippen LogP contribution in [-0.4, -0.2) is 12.7 Å². The monoisotopic (exact) mass is 209 g/mol. The summed E-state index contributed by atoms with van der Waals surface area (Å²) in [6.45, 7) is 9.59. The molecule has 0 radical (unpaired) electrons. The maximum Gasteiger partial charge on any atom is 0.0735 e. The van der Waals surface area contributed by atoms with E-state index in [1.807, 2.05) is 6.92 Å². The third-order valence-corrected chi connectivity index (χ3v) is 3.56. The number of hydrogen-bond acceptors (Lipinski definition) is 2. The molecule has 0 saturated heterocycles. The maximum atomic E-state index is 9.05. The van der Waals surface area contributed by atoms with Crippen LogP contribution < -0.4 is 0 Å². The highest BCUT2D eigenvalue weighted by atomic mass is 16.5. The predicted octanol–water partition coefficient (Wildman–Crippen LogP) is 3.38. The highest BCUT2D eigenvalue weighted by molar-refractivity contribution is 4.95. The molecular formula is C13H23NO. The Hall–Kier alpha value is -0.550. The molecule has 0 N–H and O–H groups in total. The third-order valence-electron chi connectivity index (χ3n) is 3.56. The van der Waals surface area contributed by atoms with Gasteiger partial charge >= 0.3 is 0 Å². The topological polar surface area (TPSA) is 33.0 Å². The first kappa shape index (κ1) is 12.5. The maximum absolute atomic E-state index is 9.05. The minimum Gasteiger partial charge on any atom is -0.377 e. The van der Waals surface area contributed by atoms with Gasteiger partial charge in [-0.3, -0.25) is 0 Å². The summed E-state index contributed by atoms with van der Waals surface area (Å²) >= 11 is 0. The SMILES string of the molecule is CCOC1CC(C(C)(C)C)CCC1C#N. The molecule has 1 fully saturated rings. The Morgan fingerprint density at radius 3 is 2.47 bits per heavy atom. The van der Waals surface area contributed by atoms with Gasteiger partial charge in [-0.2, -0.15) is 5.26 Å². The van der Waals surface area contributed by atoms with Crippen molar-refractivity contribution in [3.63, 3.8) is 0 Å². The Bertz CT molecular complexity index is 236. The predicted molar refractivity (Wildman–Crippen MR) is 61.3 cm³/mol. The Labute approximate surface area is 93.6 Å². The smallest absolute Gasteiger partial charge is 0.0735 e. The molecule has 0 amide bonds. The molecule has 86 valence electrons. The minimum atomic E-state index is 0.114. The second kappa shape index (κ2) is 4.99. The summed E-state index contributed by atoms with van der Waals surface area (Å²) in [5.41, 5.74) is 0.343. The Kier molecular flexibility index (Phi) is 4.16. The quantitative estimate of drug-likeness (QED) is 0.698. The van der Waals surface area contributed by atoms with Gasteiger partial charge in [0.15, 0.2) is 0 Å². The fourth-order valence-electron chi connectivity index (χ4n) is 2.46. The fourth-order valence-corrected chi connectivity index (χ4v) is 2.46. The van der Waals surface area contributed by atoms with Crippen molar-refractivity contribution in [3.05, 3.63) is 0 Å². The zero-order chi connectivity index (χ0) is 11.5. The molecule has 1 aliphatic carbocycles. The molecule has 0 heterocycles. The van der Waals surface area contributed by atoms with Crippen LogP contribution in [0, 0.1) is 28.6 Å². The highest BCUT2D eigenvalue weighted by Gasteiger charge is 2.36. The van der Waals surface area contributed by atoms with E-state index in [2.05, 4.69) is 26.8 Å². The van der Waals surface area contributed by atoms with Gasteiger partial charge < -0.3 is 4.74 Å². The van der Waals surface area contributed by atoms with Crippen molar-refractivity contribution in [1.82, 2.24) is 0 Å². The first-order chi connectivity index (χ1) is 6.99. The molecule has 3 atom stereocenters. The minimum absolute atomic E-state index is 0.114. The van der Waals surface area contributed by atoms with Gasteiger partial charge in [0.25, 0.3) is 0 Å². The van der Waals surface area contributed by atoms with Crippen molar-refractivity contribution in [3.8, 4) is 6.07 Å². The van der Waals surface area contributed by atoms with Crippen LogP contribution in [0.5, 0.6) is 0 Å². The molecule has 3 unspecified atom stereocenters. The van der Waals surface area contributed by atoms with Gasteiger partial charge in [0.05, 0.1) is 18.1 Å². The van der Waals surface area contributed by atoms with Crippen molar-refractivity contribution in [2.45, 2.75) is 53.1 Å². The summed E-state index contributed by atoms with van der Waals surface area (Å²) in [4.78, 5) is 0. The van der Waals surface area contributed by atoms with E-state index in [1.54, 1.807) is 0 Å². The summed E-state index contributed by atoms with van der Waals surface area (Å²) in [5, 5.41) is 9.05. The lowest BCUT2D eigenvalue weighted by molar-refractivity contribution is -0.0224. The van der Waals surface area contributed by atoms with Gasteiger partial charge in [-0.1, -0.05) is 20.8 Å². The van der Waals surface area contributed by atoms with E-state index in [0.717, 1.165) is 19.4 Å². The highest BCUT2D eigenvalue weighted by Crippen LogP contribution is 2.40. The zero-order valence-electron chi connectivity index (χ0n) is 10.4. The summed E-state index contributed by atoms with van der Waals surface area (Å²) in [6, 6.07) is 2.39. The van der Waals surface area contributed by atoms with Crippen LogP contribution in [0.25, 0.3) is 0 Å². The average molecular weight is 209 g/mol. The van der Waals surface area contributed by atoms with Crippen LogP contribution in [0.2, 0.25) is 0 Å². The molecule has 0 bridgehead atoms. The summed E-state index contributed by atoms with van der Waals surface area (Å²) in [7, 11) is 0. The lowest BCUT2D eigenvalue weighted by Gasteiger charge is -2.39. The van der Waals surface area contributed by atoms with Crippen molar-refractivity contribution >= 4 is 0 Å². The molecule has 1 rings (SSSR count). The normalized spacial score (nSPS) is 32.3. The van der Waals surface area contributed by atoms with Crippen molar-refractivity contribution in [2.75, 3.05) is 6.61 Å². The molecule has 0 aromatic carbocycles. The largest absolute Gasteiger partial charge is 0.377 e. The lowest BCUT2D eigenvalue weighted by atomic mass is 9.69. The third kappa shape index (κ3) is 3.21. The molecule has 2 nitrogen and oxygen atoms in total. The van der Waals surface area contributed by atoms with Gasteiger partial charge in [0.1, 0.15) is 0 Å². The van der Waals surface area contributed by atoms with E-state index >= 15 is 0 Å². The van der Waals surface area contributed by atoms with Crippen LogP contribution >= 0.6 is 0 Å². The number of ether oxygens (including phenoxy) is 1. The fraction of sp³-hybridized carbons (Fsp3) is 0.923. The summed E-state index contributed by atoms with van der Waals surface area (Å²) in [5.74, 6) is 0.808. The van der Waals surface area contributed by atoms with Gasteiger partial charge in [-0.15, -0.1) is 0 Å². The van der Waals surface area contributed by atoms with Crippen LogP contribution in [-0.2, 0) is 4.74 Å². The van der Waals surface area contributed by atoms with E-state index in [0.29, 0.717) is 11.3 Å². The van der Waals surface area contributed by atoms with E-state index in [1.165, 1.54) is 6.42 Å². The average Bonchev–Trinajstić information content (AvgIpc) is 2.17. The second-order valence-corrected chi connectivity index (χ2v) is 5.61. The molecule has 0 aliphatic heterocycles. The molecular weight excluding hydrogens is 186 g/mol. The Balaban J connectivity index is 2.62. The Morgan fingerprint density at radius 2 is 2.00 bits per heavy atom. The standard InChI is InChI=1S/C13H23NO/c1-5-15-12-8-11(13(2,3)4)7-6-10(12)9-14/h10-12H,5-8H2,1-4H3. The molecule has 1 aliphatic rings. The molecule has 1 saturated carbocycles. The van der Waals surface area contributed by atoms with Gasteiger partial charge in [0, 0.05) is 6.61 Å². The number of rotatable bonds is 2. The zero-order valence-corrected chi connectivity index (χ0v) is 10.4. The summed E-state index contributed by atoms with van der Waals surface area (Å²) < 4.78 is 5.69. The molecule has 0 aromatic heterocycles. The second-order valence-electron chi connectivity index (χ2n) is 5.61. The molecule has 2 heteroatoms. The molecule has 0 spiro atoms. The van der Waals surface area contributed by atoms with E-state index in [9.17, 15) is 0 Å². The molecule has 0 aromatic rings. The number of nitrogens with zero attached hydrogens (tertiary/aromatic N) is 1. The van der Waals surface area contributed by atoms with Crippen LogP contribution in [0.15, 0.2) is 0 Å². The van der Waals surface area contributed by atoms with Crippen LogP contribution in [0.1, 0.15) is 47.0 Å². The van der Waals surface area contributed by atoms with Crippen molar-refractivity contribution < 1.29 is 4.74 Å². The first-order valence-electron chi connectivity index (χ1n) is 6.00. The van der Waals surface area contributed by atoms with Gasteiger partial charge in [-0.25, -0.2) is 0 Å². The van der Waals surface area contributed by atoms with E-state index < -0.39 is 0 Å². The summed E-state index contributed by atoms with van der Waals surface area (Å²) in [6.07, 6.45) is 3.39. The van der Waals surface area contributed by atoms with E-state index in [4.69, 9.17) is 10.00 Å². The van der Waals surface area contributed by atoms with Gasteiger partial charge in [0.2, 0.25) is 0 Å².